The molecule has 0 saturated carbocycles. The third-order valence-corrected chi connectivity index (χ3v) is 9.95. The summed E-state index contributed by atoms with van der Waals surface area (Å²) < 4.78 is 6.89. The molecule has 1 nitrogen and oxygen atoms in total. The molecule has 0 spiro atoms. The Morgan fingerprint density at radius 2 is 1.35 bits per heavy atom. The number of benzene rings is 2. The zero-order valence-electron chi connectivity index (χ0n) is 16.9. The Labute approximate surface area is 161 Å². The van der Waals surface area contributed by atoms with Crippen molar-refractivity contribution in [3.63, 3.8) is 0 Å². The molecule has 0 unspecified atom stereocenters. The maximum absolute atomic E-state index is 6.89. The molecular formula is C24H34OSi. The lowest BCUT2D eigenvalue weighted by Gasteiger charge is -2.43. The van der Waals surface area contributed by atoms with Crippen molar-refractivity contribution in [1.29, 1.82) is 0 Å². The molecule has 2 rings (SSSR count). The summed E-state index contributed by atoms with van der Waals surface area (Å²) in [6.07, 6.45) is 9.12. The third kappa shape index (κ3) is 4.96. The van der Waals surface area contributed by atoms with Gasteiger partial charge in [0.2, 0.25) is 0 Å². The van der Waals surface area contributed by atoms with Crippen LogP contribution in [0.3, 0.4) is 0 Å². The largest absolute Gasteiger partial charge is 0.407 e. The Morgan fingerprint density at radius 3 is 1.81 bits per heavy atom. The molecule has 0 saturated heterocycles. The standard InChI is InChI=1S/C24H34OSi/c1-5-6-7-8-9-16-21-25-26(24(2,3)4,22-17-12-10-13-18-22)23-19-14-11-15-20-23/h6-7,10-15,17-20H,5,8-9,16,21H2,1-4H3. The molecule has 26 heavy (non-hydrogen) atoms. The average molecular weight is 367 g/mol. The van der Waals surface area contributed by atoms with E-state index < -0.39 is 8.32 Å². The molecule has 0 N–H and O–H groups in total. The topological polar surface area (TPSA) is 9.23 Å². The second-order valence-electron chi connectivity index (χ2n) is 7.89. The molecule has 0 amide bonds. The predicted octanol–water partition coefficient (Wildman–Crippen LogP) is 5.70. The number of unbranched alkanes of at least 4 members (excludes halogenated alkanes) is 2. The highest BCUT2D eigenvalue weighted by Gasteiger charge is 2.49. The number of hydrogen-bond donors (Lipinski definition) is 0. The highest BCUT2D eigenvalue weighted by atomic mass is 28.4. The van der Waals surface area contributed by atoms with Crippen LogP contribution in [-0.4, -0.2) is 14.9 Å². The van der Waals surface area contributed by atoms with Crippen molar-refractivity contribution in [2.45, 2.75) is 58.4 Å². The van der Waals surface area contributed by atoms with Crippen molar-refractivity contribution in [2.24, 2.45) is 0 Å². The fourth-order valence-electron chi connectivity index (χ4n) is 3.64. The molecule has 0 radical (unpaired) electrons. The number of allylic oxidation sites excluding steroid dienone is 2. The molecule has 0 aliphatic rings. The van der Waals surface area contributed by atoms with Crippen molar-refractivity contribution in [3.05, 3.63) is 72.8 Å². The fourth-order valence-corrected chi connectivity index (χ4v) is 8.24. The van der Waals surface area contributed by atoms with E-state index in [1.807, 2.05) is 0 Å². The van der Waals surface area contributed by atoms with Crippen LogP contribution in [0.15, 0.2) is 72.8 Å². The Morgan fingerprint density at radius 1 is 0.808 bits per heavy atom. The van der Waals surface area contributed by atoms with Gasteiger partial charge in [-0.1, -0.05) is 101 Å². The van der Waals surface area contributed by atoms with Gasteiger partial charge >= 0.3 is 0 Å². The molecule has 0 aliphatic heterocycles. The minimum atomic E-state index is -2.34. The molecule has 0 aromatic heterocycles. The van der Waals surface area contributed by atoms with Crippen LogP contribution < -0.4 is 10.4 Å². The smallest absolute Gasteiger partial charge is 0.261 e. The molecule has 0 fully saturated rings. The van der Waals surface area contributed by atoms with E-state index in [1.165, 1.54) is 16.8 Å². The molecule has 0 aliphatic carbocycles. The molecule has 0 atom stereocenters. The fraction of sp³-hybridized carbons (Fsp3) is 0.417. The van der Waals surface area contributed by atoms with Gasteiger partial charge in [0, 0.05) is 6.61 Å². The monoisotopic (exact) mass is 366 g/mol. The summed E-state index contributed by atoms with van der Waals surface area (Å²) in [4.78, 5) is 0. The van der Waals surface area contributed by atoms with Crippen LogP contribution >= 0.6 is 0 Å². The van der Waals surface area contributed by atoms with Gasteiger partial charge in [-0.15, -0.1) is 0 Å². The van der Waals surface area contributed by atoms with Gasteiger partial charge in [0.15, 0.2) is 0 Å². The zero-order chi connectivity index (χ0) is 18.9. The maximum atomic E-state index is 6.89. The van der Waals surface area contributed by atoms with Crippen molar-refractivity contribution in [1.82, 2.24) is 0 Å². The maximum Gasteiger partial charge on any atom is 0.261 e. The molecule has 140 valence electrons. The van der Waals surface area contributed by atoms with Crippen LogP contribution in [0.4, 0.5) is 0 Å². The Bertz CT molecular complexity index is 616. The van der Waals surface area contributed by atoms with Gasteiger partial charge in [-0.2, -0.15) is 0 Å². The van der Waals surface area contributed by atoms with E-state index in [9.17, 15) is 0 Å². The summed E-state index contributed by atoms with van der Waals surface area (Å²) >= 11 is 0. The van der Waals surface area contributed by atoms with E-state index in [4.69, 9.17) is 4.43 Å². The lowest BCUT2D eigenvalue weighted by molar-refractivity contribution is 0.289. The van der Waals surface area contributed by atoms with Crippen LogP contribution in [0.1, 0.15) is 53.4 Å². The van der Waals surface area contributed by atoms with Crippen molar-refractivity contribution >= 4 is 18.7 Å². The highest BCUT2D eigenvalue weighted by Crippen LogP contribution is 2.36. The Hall–Kier alpha value is -1.64. The van der Waals surface area contributed by atoms with Crippen molar-refractivity contribution in [2.75, 3.05) is 6.61 Å². The predicted molar refractivity (Wildman–Crippen MR) is 117 cm³/mol. The minimum Gasteiger partial charge on any atom is -0.407 e. The Kier molecular flexibility index (Phi) is 7.86. The summed E-state index contributed by atoms with van der Waals surface area (Å²) in [5, 5.41) is 2.80. The van der Waals surface area contributed by atoms with Crippen LogP contribution in [0.2, 0.25) is 5.04 Å². The van der Waals surface area contributed by atoms with E-state index in [0.29, 0.717) is 0 Å². The first-order valence-electron chi connectivity index (χ1n) is 9.92. The second kappa shape index (κ2) is 9.89. The first kappa shape index (κ1) is 20.7. The first-order valence-corrected chi connectivity index (χ1v) is 11.8. The molecule has 0 bridgehead atoms. The third-order valence-electron chi connectivity index (χ3n) is 4.90. The minimum absolute atomic E-state index is 0.0673. The van der Waals surface area contributed by atoms with Gasteiger partial charge in [0.1, 0.15) is 0 Å². The lowest BCUT2D eigenvalue weighted by Crippen LogP contribution is -2.66. The zero-order valence-corrected chi connectivity index (χ0v) is 17.9. The summed E-state index contributed by atoms with van der Waals surface area (Å²) in [5.41, 5.74) is 0. The van der Waals surface area contributed by atoms with Crippen LogP contribution in [0.25, 0.3) is 0 Å². The van der Waals surface area contributed by atoms with E-state index >= 15 is 0 Å². The summed E-state index contributed by atoms with van der Waals surface area (Å²) in [6, 6.07) is 21.8. The number of rotatable bonds is 9. The van der Waals surface area contributed by atoms with Crippen molar-refractivity contribution in [3.8, 4) is 0 Å². The Balaban J connectivity index is 2.28. The van der Waals surface area contributed by atoms with Gasteiger partial charge in [-0.25, -0.2) is 0 Å². The average Bonchev–Trinajstić information content (AvgIpc) is 2.64. The summed E-state index contributed by atoms with van der Waals surface area (Å²) in [6.45, 7) is 10.0. The molecular weight excluding hydrogens is 332 g/mol. The molecule has 2 aromatic rings. The quantitative estimate of drug-likeness (QED) is 0.314. The van der Waals surface area contributed by atoms with Gasteiger partial charge in [-0.05, 0) is 41.1 Å². The van der Waals surface area contributed by atoms with E-state index in [-0.39, 0.29) is 5.04 Å². The van der Waals surface area contributed by atoms with Gasteiger partial charge in [-0.3, -0.25) is 0 Å². The van der Waals surface area contributed by atoms with Gasteiger partial charge < -0.3 is 4.43 Å². The summed E-state index contributed by atoms with van der Waals surface area (Å²) in [5.74, 6) is 0. The van der Waals surface area contributed by atoms with Crippen LogP contribution in [-0.2, 0) is 4.43 Å². The highest BCUT2D eigenvalue weighted by molar-refractivity contribution is 6.99. The molecule has 2 heteroatoms. The van der Waals surface area contributed by atoms with E-state index in [1.54, 1.807) is 0 Å². The molecule has 0 heterocycles. The van der Waals surface area contributed by atoms with Crippen LogP contribution in [0.5, 0.6) is 0 Å². The molecule has 2 aromatic carbocycles. The second-order valence-corrected chi connectivity index (χ2v) is 12.2. The summed E-state index contributed by atoms with van der Waals surface area (Å²) in [7, 11) is -2.34. The van der Waals surface area contributed by atoms with E-state index in [0.717, 1.165) is 25.9 Å². The first-order chi connectivity index (χ1) is 12.5. The van der Waals surface area contributed by atoms with Gasteiger partial charge in [0.05, 0.1) is 0 Å². The van der Waals surface area contributed by atoms with Crippen molar-refractivity contribution < 1.29 is 4.43 Å². The SMILES string of the molecule is CCC=CCCCCO[Si](c1ccccc1)(c1ccccc1)C(C)(C)C. The van der Waals surface area contributed by atoms with Gasteiger partial charge in [0.25, 0.3) is 8.32 Å². The normalized spacial score (nSPS) is 12.6. The van der Waals surface area contributed by atoms with Crippen LogP contribution in [0, 0.1) is 0 Å². The van der Waals surface area contributed by atoms with E-state index in [2.05, 4.69) is 101 Å². The number of hydrogen-bond acceptors (Lipinski definition) is 1. The lowest BCUT2D eigenvalue weighted by atomic mass is 10.2.